The van der Waals surface area contributed by atoms with Crippen LogP contribution in [0.15, 0.2) is 0 Å². The molecule has 0 aliphatic heterocycles. The number of alkyl carbamates (subject to hydrolysis) is 1. The largest absolute Gasteiger partial charge is 0.447 e. The van der Waals surface area contributed by atoms with Gasteiger partial charge in [-0.05, 0) is 19.3 Å². The Bertz CT molecular complexity index is 433. The normalized spacial score (nSPS) is 12.1. The first-order valence-electron chi connectivity index (χ1n) is 15.8. The van der Waals surface area contributed by atoms with Gasteiger partial charge in [0.1, 0.15) is 12.7 Å². The zero-order chi connectivity index (χ0) is 26.4. The fourth-order valence-electron chi connectivity index (χ4n) is 4.34. The summed E-state index contributed by atoms with van der Waals surface area (Å²) in [4.78, 5) is 11.8. The minimum atomic E-state index is -0.362. The number of ether oxygens (including phenoxy) is 3. The Morgan fingerprint density at radius 2 is 1.00 bits per heavy atom. The number of carbonyl (C=O) groups excluding carboxylic acids is 1. The summed E-state index contributed by atoms with van der Waals surface area (Å²) in [6.45, 7) is 9.43. The van der Waals surface area contributed by atoms with Crippen molar-refractivity contribution in [2.45, 2.75) is 162 Å². The van der Waals surface area contributed by atoms with Gasteiger partial charge < -0.3 is 19.5 Å². The number of amides is 1. The van der Waals surface area contributed by atoms with Gasteiger partial charge in [0.2, 0.25) is 0 Å². The molecular weight excluding hydrogens is 450 g/mol. The lowest BCUT2D eigenvalue weighted by Gasteiger charge is -2.18. The summed E-state index contributed by atoms with van der Waals surface area (Å²) in [5.41, 5.74) is 0. The smallest absolute Gasteiger partial charge is 0.407 e. The van der Waals surface area contributed by atoms with E-state index in [9.17, 15) is 4.79 Å². The van der Waals surface area contributed by atoms with Crippen molar-refractivity contribution in [3.05, 3.63) is 0 Å². The average molecular weight is 514 g/mol. The molecule has 0 aromatic rings. The molecule has 0 aromatic heterocycles. The molecule has 1 unspecified atom stereocenters. The lowest BCUT2D eigenvalue weighted by Crippen LogP contribution is -2.32. The molecule has 0 radical (unpaired) electrons. The third-order valence-electron chi connectivity index (χ3n) is 6.72. The third-order valence-corrected chi connectivity index (χ3v) is 6.72. The van der Waals surface area contributed by atoms with Crippen molar-refractivity contribution < 1.29 is 19.0 Å². The molecule has 0 aliphatic carbocycles. The maximum atomic E-state index is 11.8. The summed E-state index contributed by atoms with van der Waals surface area (Å²) in [6.07, 6.45) is 26.7. The van der Waals surface area contributed by atoms with Crippen molar-refractivity contribution in [2.24, 2.45) is 0 Å². The molecule has 0 saturated carbocycles. The van der Waals surface area contributed by atoms with Crippen LogP contribution in [-0.4, -0.2) is 45.2 Å². The number of rotatable bonds is 29. The van der Waals surface area contributed by atoms with Gasteiger partial charge in [-0.2, -0.15) is 0 Å². The molecule has 0 spiro atoms. The third kappa shape index (κ3) is 27.8. The monoisotopic (exact) mass is 513 g/mol. The van der Waals surface area contributed by atoms with E-state index in [1.165, 1.54) is 116 Å². The summed E-state index contributed by atoms with van der Waals surface area (Å²) in [5.74, 6) is 0. The van der Waals surface area contributed by atoms with E-state index in [-0.39, 0.29) is 18.8 Å². The molecule has 0 bridgehead atoms. The molecule has 0 saturated heterocycles. The van der Waals surface area contributed by atoms with Crippen LogP contribution in [0, 0.1) is 0 Å². The molecule has 0 fully saturated rings. The predicted octanol–water partition coefficient (Wildman–Crippen LogP) is 9.37. The van der Waals surface area contributed by atoms with Crippen LogP contribution in [0.3, 0.4) is 0 Å². The van der Waals surface area contributed by atoms with Gasteiger partial charge in [-0.3, -0.25) is 0 Å². The van der Waals surface area contributed by atoms with Gasteiger partial charge >= 0.3 is 6.09 Å². The van der Waals surface area contributed by atoms with E-state index in [0.717, 1.165) is 25.9 Å². The van der Waals surface area contributed by atoms with Crippen molar-refractivity contribution in [3.63, 3.8) is 0 Å². The number of hydrogen-bond acceptors (Lipinski definition) is 4. The molecule has 1 N–H and O–H groups in total. The molecule has 216 valence electrons. The Labute approximate surface area is 225 Å². The summed E-state index contributed by atoms with van der Waals surface area (Å²) < 4.78 is 17.3. The highest BCUT2D eigenvalue weighted by Gasteiger charge is 2.13. The average Bonchev–Trinajstić information content (AvgIpc) is 2.89. The lowest BCUT2D eigenvalue weighted by molar-refractivity contribution is -0.0468. The van der Waals surface area contributed by atoms with E-state index in [2.05, 4.69) is 19.2 Å². The molecule has 0 aliphatic rings. The van der Waals surface area contributed by atoms with Gasteiger partial charge in [-0.25, -0.2) is 4.79 Å². The SMILES string of the molecule is CCCCCCCCCCCCOCC(COC(=O)NCCC)OCCCCCCCCCCCC. The molecule has 0 aromatic carbocycles. The Hall–Kier alpha value is -0.810. The first-order valence-corrected chi connectivity index (χ1v) is 15.8. The number of carbonyl (C=O) groups is 1. The molecule has 36 heavy (non-hydrogen) atoms. The predicted molar refractivity (Wildman–Crippen MR) is 154 cm³/mol. The molecule has 5 heteroatoms. The molecule has 1 atom stereocenters. The Morgan fingerprint density at radius 3 is 1.47 bits per heavy atom. The summed E-state index contributed by atoms with van der Waals surface area (Å²) in [5, 5.41) is 2.76. The standard InChI is InChI=1S/C31H63NO4/c1-4-7-9-11-13-15-17-19-21-23-26-34-28-30(29-36-31(33)32-25-6-3)35-27-24-22-20-18-16-14-12-10-8-5-2/h30H,4-29H2,1-3H3,(H,32,33). The second-order valence-corrected chi connectivity index (χ2v) is 10.5. The molecule has 1 amide bonds. The Balaban J connectivity index is 3.86. The fourth-order valence-corrected chi connectivity index (χ4v) is 4.34. The van der Waals surface area contributed by atoms with E-state index in [0.29, 0.717) is 19.8 Å². The Morgan fingerprint density at radius 1 is 0.556 bits per heavy atom. The highest BCUT2D eigenvalue weighted by Crippen LogP contribution is 2.12. The number of unbranched alkanes of at least 4 members (excludes halogenated alkanes) is 18. The quantitative estimate of drug-likeness (QED) is 0.101. The fraction of sp³-hybridized carbons (Fsp3) is 0.968. The topological polar surface area (TPSA) is 56.8 Å². The number of nitrogens with one attached hydrogen (secondary N) is 1. The van der Waals surface area contributed by atoms with Crippen LogP contribution in [0.2, 0.25) is 0 Å². The van der Waals surface area contributed by atoms with Crippen LogP contribution in [-0.2, 0) is 14.2 Å². The minimum Gasteiger partial charge on any atom is -0.447 e. The van der Waals surface area contributed by atoms with Crippen LogP contribution in [0.25, 0.3) is 0 Å². The first-order chi connectivity index (χ1) is 17.7. The van der Waals surface area contributed by atoms with Gasteiger partial charge in [0.05, 0.1) is 6.61 Å². The van der Waals surface area contributed by atoms with E-state index >= 15 is 0 Å². The van der Waals surface area contributed by atoms with Gasteiger partial charge in [0.15, 0.2) is 0 Å². The van der Waals surface area contributed by atoms with Crippen molar-refractivity contribution in [1.82, 2.24) is 5.32 Å². The summed E-state index contributed by atoms with van der Waals surface area (Å²) >= 11 is 0. The molecule has 0 heterocycles. The van der Waals surface area contributed by atoms with E-state index < -0.39 is 0 Å². The minimum absolute atomic E-state index is 0.181. The van der Waals surface area contributed by atoms with Crippen molar-refractivity contribution in [2.75, 3.05) is 33.0 Å². The summed E-state index contributed by atoms with van der Waals surface area (Å²) in [6, 6.07) is 0. The summed E-state index contributed by atoms with van der Waals surface area (Å²) in [7, 11) is 0. The van der Waals surface area contributed by atoms with E-state index in [1.807, 2.05) is 6.92 Å². The highest BCUT2D eigenvalue weighted by atomic mass is 16.6. The van der Waals surface area contributed by atoms with Crippen LogP contribution >= 0.6 is 0 Å². The molecule has 0 rings (SSSR count). The first kappa shape index (κ1) is 35.2. The van der Waals surface area contributed by atoms with E-state index in [4.69, 9.17) is 14.2 Å². The zero-order valence-corrected chi connectivity index (χ0v) is 24.6. The Kier molecular flexibility index (Phi) is 29.7. The van der Waals surface area contributed by atoms with Crippen molar-refractivity contribution in [1.29, 1.82) is 0 Å². The van der Waals surface area contributed by atoms with E-state index in [1.54, 1.807) is 0 Å². The second-order valence-electron chi connectivity index (χ2n) is 10.5. The maximum absolute atomic E-state index is 11.8. The van der Waals surface area contributed by atoms with Crippen LogP contribution in [0.4, 0.5) is 4.79 Å². The number of hydrogen-bond donors (Lipinski definition) is 1. The van der Waals surface area contributed by atoms with Gasteiger partial charge in [-0.15, -0.1) is 0 Å². The maximum Gasteiger partial charge on any atom is 0.407 e. The van der Waals surface area contributed by atoms with Crippen molar-refractivity contribution in [3.8, 4) is 0 Å². The van der Waals surface area contributed by atoms with Gasteiger partial charge in [-0.1, -0.05) is 136 Å². The van der Waals surface area contributed by atoms with Crippen LogP contribution < -0.4 is 5.32 Å². The van der Waals surface area contributed by atoms with Crippen molar-refractivity contribution >= 4 is 6.09 Å². The lowest BCUT2D eigenvalue weighted by atomic mass is 10.1. The highest BCUT2D eigenvalue weighted by molar-refractivity contribution is 5.67. The van der Waals surface area contributed by atoms with Gasteiger partial charge in [0.25, 0.3) is 0 Å². The van der Waals surface area contributed by atoms with Crippen LogP contribution in [0.5, 0.6) is 0 Å². The zero-order valence-electron chi connectivity index (χ0n) is 24.6. The van der Waals surface area contributed by atoms with Gasteiger partial charge in [0, 0.05) is 19.8 Å². The van der Waals surface area contributed by atoms with Crippen LogP contribution in [0.1, 0.15) is 156 Å². The molecular formula is C31H63NO4. The second kappa shape index (κ2) is 30.4. The molecule has 5 nitrogen and oxygen atoms in total.